The van der Waals surface area contributed by atoms with Crippen molar-refractivity contribution in [1.82, 2.24) is 0 Å². The van der Waals surface area contributed by atoms with Crippen molar-refractivity contribution in [3.8, 4) is 0 Å². The topological polar surface area (TPSA) is 58.2 Å². The molecular weight excluding hydrogens is 324 g/mol. The second kappa shape index (κ2) is 7.66. The summed E-state index contributed by atoms with van der Waals surface area (Å²) in [4.78, 5) is 24.5. The van der Waals surface area contributed by atoms with Gasteiger partial charge in [0.25, 0.3) is 11.8 Å². The Hall–Kier alpha value is -3.40. The summed E-state index contributed by atoms with van der Waals surface area (Å²) in [7, 11) is 0. The lowest BCUT2D eigenvalue weighted by Crippen LogP contribution is -2.13. The fourth-order valence-electron chi connectivity index (χ4n) is 2.75. The molecule has 2 N–H and O–H groups in total. The zero-order valence-corrected chi connectivity index (χ0v) is 14.7. The van der Waals surface area contributed by atoms with Gasteiger partial charge in [0.1, 0.15) is 0 Å². The van der Waals surface area contributed by atoms with Crippen molar-refractivity contribution in [2.75, 3.05) is 10.6 Å². The second-order valence-corrected chi connectivity index (χ2v) is 6.23. The van der Waals surface area contributed by atoms with Crippen LogP contribution in [0.2, 0.25) is 0 Å². The van der Waals surface area contributed by atoms with Crippen molar-refractivity contribution in [3.05, 3.63) is 95.1 Å². The summed E-state index contributed by atoms with van der Waals surface area (Å²) in [6, 6.07) is 21.7. The average molecular weight is 344 g/mol. The molecule has 0 bridgehead atoms. The summed E-state index contributed by atoms with van der Waals surface area (Å²) in [6.45, 7) is 3.99. The van der Waals surface area contributed by atoms with E-state index in [4.69, 9.17) is 0 Å². The number of benzene rings is 3. The first-order valence-electron chi connectivity index (χ1n) is 8.37. The van der Waals surface area contributed by atoms with Gasteiger partial charge in [-0.05, 0) is 73.5 Å². The third-order valence-electron chi connectivity index (χ3n) is 3.92. The molecule has 0 heterocycles. The minimum atomic E-state index is -0.184. The normalized spacial score (nSPS) is 10.2. The van der Waals surface area contributed by atoms with Crippen molar-refractivity contribution in [3.63, 3.8) is 0 Å². The van der Waals surface area contributed by atoms with Gasteiger partial charge >= 0.3 is 0 Å². The molecule has 0 unspecified atom stereocenters. The van der Waals surface area contributed by atoms with E-state index < -0.39 is 0 Å². The highest BCUT2D eigenvalue weighted by Gasteiger charge is 2.09. The first-order chi connectivity index (χ1) is 12.5. The van der Waals surface area contributed by atoms with Crippen LogP contribution in [0.4, 0.5) is 11.4 Å². The van der Waals surface area contributed by atoms with Crippen molar-refractivity contribution < 1.29 is 9.59 Å². The summed E-state index contributed by atoms with van der Waals surface area (Å²) in [5.74, 6) is -0.367. The fourth-order valence-corrected chi connectivity index (χ4v) is 2.75. The zero-order valence-electron chi connectivity index (χ0n) is 14.7. The largest absolute Gasteiger partial charge is 0.322 e. The number of rotatable bonds is 4. The zero-order chi connectivity index (χ0) is 18.5. The van der Waals surface area contributed by atoms with Crippen LogP contribution in [0.15, 0.2) is 72.8 Å². The third kappa shape index (κ3) is 4.36. The van der Waals surface area contributed by atoms with Crippen LogP contribution in [-0.4, -0.2) is 11.8 Å². The van der Waals surface area contributed by atoms with E-state index in [9.17, 15) is 9.59 Å². The van der Waals surface area contributed by atoms with Crippen LogP contribution < -0.4 is 10.6 Å². The van der Waals surface area contributed by atoms with E-state index in [0.717, 1.165) is 16.8 Å². The molecule has 0 aliphatic heterocycles. The monoisotopic (exact) mass is 344 g/mol. The third-order valence-corrected chi connectivity index (χ3v) is 3.92. The fraction of sp³-hybridized carbons (Fsp3) is 0.0909. The smallest absolute Gasteiger partial charge is 0.255 e. The maximum Gasteiger partial charge on any atom is 0.255 e. The van der Waals surface area contributed by atoms with Gasteiger partial charge in [-0.2, -0.15) is 0 Å². The van der Waals surface area contributed by atoms with E-state index in [1.54, 1.807) is 36.4 Å². The van der Waals surface area contributed by atoms with Gasteiger partial charge in [0.15, 0.2) is 0 Å². The van der Waals surface area contributed by atoms with Gasteiger partial charge < -0.3 is 10.6 Å². The minimum absolute atomic E-state index is 0.182. The Morgan fingerprint density at radius 2 is 1.12 bits per heavy atom. The predicted octanol–water partition coefficient (Wildman–Crippen LogP) is 4.81. The van der Waals surface area contributed by atoms with E-state index >= 15 is 0 Å². The van der Waals surface area contributed by atoms with E-state index in [0.29, 0.717) is 16.8 Å². The summed E-state index contributed by atoms with van der Waals surface area (Å²) < 4.78 is 0. The van der Waals surface area contributed by atoms with Crippen LogP contribution in [0.25, 0.3) is 0 Å². The highest BCUT2D eigenvalue weighted by atomic mass is 16.2. The lowest BCUT2D eigenvalue weighted by molar-refractivity contribution is 0.102. The molecule has 0 saturated heterocycles. The molecule has 0 aliphatic carbocycles. The molecule has 3 aromatic rings. The lowest BCUT2D eigenvalue weighted by Gasteiger charge is -2.09. The van der Waals surface area contributed by atoms with Crippen molar-refractivity contribution in [1.29, 1.82) is 0 Å². The minimum Gasteiger partial charge on any atom is -0.322 e. The molecule has 0 aromatic heterocycles. The number of anilines is 2. The van der Waals surface area contributed by atoms with Crippen LogP contribution in [0.3, 0.4) is 0 Å². The lowest BCUT2D eigenvalue weighted by atomic mass is 10.1. The molecule has 4 heteroatoms. The molecule has 4 nitrogen and oxygen atoms in total. The van der Waals surface area contributed by atoms with Crippen molar-refractivity contribution >= 4 is 23.2 Å². The highest BCUT2D eigenvalue weighted by molar-refractivity contribution is 6.06. The standard InChI is InChI=1S/C22H20N2O2/c1-15-12-16(2)14-20(13-15)24-22(26)18-8-10-19(11-9-18)23-21(25)17-6-4-3-5-7-17/h3-14H,1-2H3,(H,23,25)(H,24,26). The molecule has 0 radical (unpaired) electrons. The first kappa shape index (κ1) is 17.4. The molecule has 0 saturated carbocycles. The molecule has 0 fully saturated rings. The number of aryl methyl sites for hydroxylation is 2. The van der Waals surface area contributed by atoms with Gasteiger partial charge in [0, 0.05) is 22.5 Å². The second-order valence-electron chi connectivity index (χ2n) is 6.23. The maximum atomic E-state index is 12.4. The highest BCUT2D eigenvalue weighted by Crippen LogP contribution is 2.16. The molecule has 0 aliphatic rings. The molecule has 2 amide bonds. The van der Waals surface area contributed by atoms with E-state index in [1.807, 2.05) is 44.2 Å². The first-order valence-corrected chi connectivity index (χ1v) is 8.37. The van der Waals surface area contributed by atoms with Crippen LogP contribution in [0, 0.1) is 13.8 Å². The Kier molecular flexibility index (Phi) is 5.13. The van der Waals surface area contributed by atoms with E-state index in [1.165, 1.54) is 0 Å². The van der Waals surface area contributed by atoms with Gasteiger partial charge in [-0.15, -0.1) is 0 Å². The van der Waals surface area contributed by atoms with Gasteiger partial charge in [-0.1, -0.05) is 24.3 Å². The SMILES string of the molecule is Cc1cc(C)cc(NC(=O)c2ccc(NC(=O)c3ccccc3)cc2)c1. The van der Waals surface area contributed by atoms with Gasteiger partial charge in [0.2, 0.25) is 0 Å². The Labute approximate surface area is 152 Å². The quantitative estimate of drug-likeness (QED) is 0.714. The number of hydrogen-bond acceptors (Lipinski definition) is 2. The number of nitrogens with one attached hydrogen (secondary N) is 2. The molecule has 3 aromatic carbocycles. The summed E-state index contributed by atoms with van der Waals surface area (Å²) in [5, 5.41) is 5.72. The molecule has 0 atom stereocenters. The number of hydrogen-bond donors (Lipinski definition) is 2. The molecule has 26 heavy (non-hydrogen) atoms. The Balaban J connectivity index is 1.67. The van der Waals surface area contributed by atoms with Crippen molar-refractivity contribution in [2.45, 2.75) is 13.8 Å². The van der Waals surface area contributed by atoms with Gasteiger partial charge in [-0.3, -0.25) is 9.59 Å². The number of carbonyl (C=O) groups excluding carboxylic acids is 2. The van der Waals surface area contributed by atoms with Gasteiger partial charge in [0.05, 0.1) is 0 Å². The van der Waals surface area contributed by atoms with Crippen LogP contribution in [0.5, 0.6) is 0 Å². The molecule has 0 spiro atoms. The Bertz CT molecular complexity index is 912. The Morgan fingerprint density at radius 1 is 0.615 bits per heavy atom. The summed E-state index contributed by atoms with van der Waals surface area (Å²) >= 11 is 0. The summed E-state index contributed by atoms with van der Waals surface area (Å²) in [5.41, 5.74) is 4.72. The summed E-state index contributed by atoms with van der Waals surface area (Å²) in [6.07, 6.45) is 0. The number of carbonyl (C=O) groups is 2. The van der Waals surface area contributed by atoms with Crippen LogP contribution >= 0.6 is 0 Å². The molecular formula is C22H20N2O2. The van der Waals surface area contributed by atoms with E-state index in [2.05, 4.69) is 16.7 Å². The van der Waals surface area contributed by atoms with E-state index in [-0.39, 0.29) is 11.8 Å². The Morgan fingerprint density at radius 3 is 1.69 bits per heavy atom. The molecule has 3 rings (SSSR count). The van der Waals surface area contributed by atoms with Gasteiger partial charge in [-0.25, -0.2) is 0 Å². The molecule has 130 valence electrons. The van der Waals surface area contributed by atoms with Crippen molar-refractivity contribution in [2.24, 2.45) is 0 Å². The maximum absolute atomic E-state index is 12.4. The average Bonchev–Trinajstić information content (AvgIpc) is 2.62. The number of amides is 2. The van der Waals surface area contributed by atoms with Crippen LogP contribution in [0.1, 0.15) is 31.8 Å². The van der Waals surface area contributed by atoms with Crippen LogP contribution in [-0.2, 0) is 0 Å². The predicted molar refractivity (Wildman–Crippen MR) is 105 cm³/mol.